The summed E-state index contributed by atoms with van der Waals surface area (Å²) in [5.74, 6) is 0. The van der Waals surface area contributed by atoms with Crippen molar-refractivity contribution in [3.63, 3.8) is 0 Å². The smallest absolute Gasteiger partial charge is 0.116 e. The molecule has 2 aromatic rings. The third kappa shape index (κ3) is 3.31. The van der Waals surface area contributed by atoms with Gasteiger partial charge in [-0.3, -0.25) is 0 Å². The summed E-state index contributed by atoms with van der Waals surface area (Å²) in [5.41, 5.74) is 1.30. The first-order valence-electron chi connectivity index (χ1n) is 5.96. The molecule has 0 bridgehead atoms. The van der Waals surface area contributed by atoms with Crippen LogP contribution in [0, 0.1) is 0 Å². The van der Waals surface area contributed by atoms with Gasteiger partial charge in [0.05, 0.1) is 5.03 Å². The average molecular weight is 259 g/mol. The number of hydrogen-bond donors (Lipinski definition) is 1. The number of thioether (sulfide) groups is 1. The maximum Gasteiger partial charge on any atom is 0.116 e. The van der Waals surface area contributed by atoms with Gasteiger partial charge in [0, 0.05) is 17.5 Å². The Morgan fingerprint density at radius 2 is 1.94 bits per heavy atom. The molecule has 0 aliphatic carbocycles. The van der Waals surface area contributed by atoms with Gasteiger partial charge in [-0.2, -0.15) is 0 Å². The largest absolute Gasteiger partial charge is 0.312 e. The summed E-state index contributed by atoms with van der Waals surface area (Å²) >= 11 is 1.76. The van der Waals surface area contributed by atoms with Crippen molar-refractivity contribution in [2.45, 2.75) is 23.2 Å². The Labute approximate surface area is 112 Å². The molecule has 0 spiro atoms. The van der Waals surface area contributed by atoms with Crippen molar-refractivity contribution in [2.24, 2.45) is 0 Å². The molecule has 18 heavy (non-hydrogen) atoms. The van der Waals surface area contributed by atoms with E-state index >= 15 is 0 Å². The van der Waals surface area contributed by atoms with E-state index in [1.807, 2.05) is 19.2 Å². The molecule has 1 heterocycles. The number of rotatable bonds is 5. The van der Waals surface area contributed by atoms with Gasteiger partial charge in [0.25, 0.3) is 0 Å². The average Bonchev–Trinajstić information content (AvgIpc) is 2.42. The number of hydrogen-bond acceptors (Lipinski definition) is 4. The zero-order valence-corrected chi connectivity index (χ0v) is 11.4. The van der Waals surface area contributed by atoms with Crippen molar-refractivity contribution in [1.82, 2.24) is 15.3 Å². The lowest BCUT2D eigenvalue weighted by Gasteiger charge is -2.23. The van der Waals surface area contributed by atoms with E-state index in [2.05, 4.69) is 46.5 Å². The first kappa shape index (κ1) is 13.1. The second-order valence-electron chi connectivity index (χ2n) is 4.05. The van der Waals surface area contributed by atoms with E-state index in [4.69, 9.17) is 0 Å². The lowest BCUT2D eigenvalue weighted by molar-refractivity contribution is 0.589. The molecule has 0 aliphatic heterocycles. The summed E-state index contributed by atoms with van der Waals surface area (Å²) in [6, 6.07) is 12.7. The molecule has 2 atom stereocenters. The Morgan fingerprint density at radius 3 is 2.56 bits per heavy atom. The molecule has 1 aromatic carbocycles. The highest BCUT2D eigenvalue weighted by molar-refractivity contribution is 7.99. The topological polar surface area (TPSA) is 37.8 Å². The molecule has 1 N–H and O–H groups in total. The zero-order valence-electron chi connectivity index (χ0n) is 10.6. The minimum Gasteiger partial charge on any atom is -0.312 e. The summed E-state index contributed by atoms with van der Waals surface area (Å²) in [4.78, 5) is 8.19. The molecular weight excluding hydrogens is 242 g/mol. The quantitative estimate of drug-likeness (QED) is 0.662. The van der Waals surface area contributed by atoms with E-state index in [1.165, 1.54) is 5.56 Å². The standard InChI is InChI=1S/C14H17N3S/c1-11(18-13-8-9-16-10-17-13)14(15-2)12-6-4-3-5-7-12/h3-11,14-15H,1-2H3. The van der Waals surface area contributed by atoms with Gasteiger partial charge in [-0.25, -0.2) is 9.97 Å². The van der Waals surface area contributed by atoms with Crippen molar-refractivity contribution in [3.8, 4) is 0 Å². The molecule has 0 fully saturated rings. The third-order valence-corrected chi connectivity index (χ3v) is 3.93. The molecule has 94 valence electrons. The minimum absolute atomic E-state index is 0.311. The van der Waals surface area contributed by atoms with Gasteiger partial charge < -0.3 is 5.32 Å². The fraction of sp³-hybridized carbons (Fsp3) is 0.286. The number of aromatic nitrogens is 2. The van der Waals surface area contributed by atoms with Crippen LogP contribution in [0.2, 0.25) is 0 Å². The third-order valence-electron chi connectivity index (χ3n) is 2.80. The SMILES string of the molecule is CNC(c1ccccc1)C(C)Sc1ccncn1. The summed E-state index contributed by atoms with van der Waals surface area (Å²) in [6.45, 7) is 2.21. The Bertz CT molecular complexity index is 461. The summed E-state index contributed by atoms with van der Waals surface area (Å²) in [5, 5.41) is 4.78. The van der Waals surface area contributed by atoms with Gasteiger partial charge in [-0.05, 0) is 18.7 Å². The molecule has 0 radical (unpaired) electrons. The Balaban J connectivity index is 2.09. The van der Waals surface area contributed by atoms with Gasteiger partial charge in [-0.1, -0.05) is 37.3 Å². The summed E-state index contributed by atoms with van der Waals surface area (Å²) in [6.07, 6.45) is 3.37. The summed E-state index contributed by atoms with van der Waals surface area (Å²) < 4.78 is 0. The van der Waals surface area contributed by atoms with Gasteiger partial charge >= 0.3 is 0 Å². The monoisotopic (exact) mass is 259 g/mol. The number of nitrogens with one attached hydrogen (secondary N) is 1. The van der Waals surface area contributed by atoms with Crippen LogP contribution in [0.25, 0.3) is 0 Å². The minimum atomic E-state index is 0.311. The van der Waals surface area contributed by atoms with E-state index in [1.54, 1.807) is 24.3 Å². The first-order chi connectivity index (χ1) is 8.81. The molecule has 4 heteroatoms. The maximum atomic E-state index is 4.25. The highest BCUT2D eigenvalue weighted by atomic mass is 32.2. The van der Waals surface area contributed by atoms with Crippen LogP contribution >= 0.6 is 11.8 Å². The van der Waals surface area contributed by atoms with Crippen molar-refractivity contribution < 1.29 is 0 Å². The maximum absolute atomic E-state index is 4.25. The molecular formula is C14H17N3S. The lowest BCUT2D eigenvalue weighted by atomic mass is 10.0. The highest BCUT2D eigenvalue weighted by Crippen LogP contribution is 2.30. The van der Waals surface area contributed by atoms with Crippen LogP contribution < -0.4 is 5.32 Å². The van der Waals surface area contributed by atoms with Crippen LogP contribution in [-0.4, -0.2) is 22.3 Å². The van der Waals surface area contributed by atoms with Crippen molar-refractivity contribution in [3.05, 3.63) is 54.5 Å². The zero-order chi connectivity index (χ0) is 12.8. The predicted octanol–water partition coefficient (Wildman–Crippen LogP) is 2.92. The molecule has 2 rings (SSSR count). The fourth-order valence-electron chi connectivity index (χ4n) is 1.94. The number of benzene rings is 1. The lowest BCUT2D eigenvalue weighted by Crippen LogP contribution is -2.25. The Hall–Kier alpha value is -1.39. The second kappa shape index (κ2) is 6.52. The molecule has 1 aromatic heterocycles. The highest BCUT2D eigenvalue weighted by Gasteiger charge is 2.18. The van der Waals surface area contributed by atoms with Gasteiger partial charge in [0.15, 0.2) is 0 Å². The van der Waals surface area contributed by atoms with Crippen molar-refractivity contribution >= 4 is 11.8 Å². The molecule has 0 saturated heterocycles. The van der Waals surface area contributed by atoms with Gasteiger partial charge in [-0.15, -0.1) is 11.8 Å². The van der Waals surface area contributed by atoms with E-state index in [9.17, 15) is 0 Å². The van der Waals surface area contributed by atoms with E-state index in [-0.39, 0.29) is 0 Å². The number of nitrogens with zero attached hydrogens (tertiary/aromatic N) is 2. The van der Waals surface area contributed by atoms with Crippen LogP contribution in [-0.2, 0) is 0 Å². The van der Waals surface area contributed by atoms with E-state index in [0.29, 0.717) is 11.3 Å². The predicted molar refractivity (Wildman–Crippen MR) is 75.6 cm³/mol. The van der Waals surface area contributed by atoms with Gasteiger partial charge in [0.1, 0.15) is 6.33 Å². The van der Waals surface area contributed by atoms with Crippen LogP contribution in [0.15, 0.2) is 53.9 Å². The van der Waals surface area contributed by atoms with E-state index in [0.717, 1.165) is 5.03 Å². The first-order valence-corrected chi connectivity index (χ1v) is 6.84. The fourth-order valence-corrected chi connectivity index (χ4v) is 3.00. The van der Waals surface area contributed by atoms with Crippen LogP contribution in [0.5, 0.6) is 0 Å². The second-order valence-corrected chi connectivity index (χ2v) is 5.45. The molecule has 2 unspecified atom stereocenters. The van der Waals surface area contributed by atoms with Crippen LogP contribution in [0.4, 0.5) is 0 Å². The molecule has 3 nitrogen and oxygen atoms in total. The molecule has 0 saturated carbocycles. The van der Waals surface area contributed by atoms with Crippen molar-refractivity contribution in [1.29, 1.82) is 0 Å². The Morgan fingerprint density at radius 1 is 1.17 bits per heavy atom. The summed E-state index contributed by atoms with van der Waals surface area (Å²) in [7, 11) is 1.99. The van der Waals surface area contributed by atoms with Crippen LogP contribution in [0.3, 0.4) is 0 Å². The van der Waals surface area contributed by atoms with Crippen molar-refractivity contribution in [2.75, 3.05) is 7.05 Å². The molecule has 0 amide bonds. The normalized spacial score (nSPS) is 14.1. The van der Waals surface area contributed by atoms with Gasteiger partial charge in [0.2, 0.25) is 0 Å². The van der Waals surface area contributed by atoms with Crippen LogP contribution in [0.1, 0.15) is 18.5 Å². The Kier molecular flexibility index (Phi) is 4.73. The molecule has 0 aliphatic rings. The van der Waals surface area contributed by atoms with E-state index < -0.39 is 0 Å².